The second-order valence-electron chi connectivity index (χ2n) is 5.13. The lowest BCUT2D eigenvalue weighted by atomic mass is 9.96. The van der Waals surface area contributed by atoms with E-state index in [4.69, 9.17) is 5.73 Å². The summed E-state index contributed by atoms with van der Waals surface area (Å²) in [4.78, 5) is 12.0. The van der Waals surface area contributed by atoms with Crippen molar-refractivity contribution in [3.63, 3.8) is 0 Å². The summed E-state index contributed by atoms with van der Waals surface area (Å²) in [5, 5.41) is 5.68. The molecule has 0 atom stereocenters. The first-order chi connectivity index (χ1) is 10.2. The monoisotopic (exact) mass is 289 g/mol. The zero-order chi connectivity index (χ0) is 15.1. The van der Waals surface area contributed by atoms with Crippen molar-refractivity contribution in [3.05, 3.63) is 29.6 Å². The molecule has 1 aromatic carbocycles. The molecule has 0 aliphatic heterocycles. The van der Waals surface area contributed by atoms with Crippen LogP contribution in [-0.2, 0) is 0 Å². The maximum Gasteiger partial charge on any atom is 0.319 e. The molecular weight excluding hydrogens is 269 g/mol. The summed E-state index contributed by atoms with van der Waals surface area (Å²) in [5.41, 5.74) is 6.24. The van der Waals surface area contributed by atoms with Gasteiger partial charge in [0, 0.05) is 6.04 Å². The number of carbonyl (C=O) groups excluding carboxylic acids is 1. The van der Waals surface area contributed by atoms with Crippen LogP contribution in [0.1, 0.15) is 37.7 Å². The Morgan fingerprint density at radius 2 is 2.10 bits per heavy atom. The first-order valence-electron chi connectivity index (χ1n) is 7.25. The van der Waals surface area contributed by atoms with Gasteiger partial charge in [0.25, 0.3) is 0 Å². The van der Waals surface area contributed by atoms with Gasteiger partial charge in [-0.05, 0) is 31.0 Å². The molecule has 0 radical (unpaired) electrons. The van der Waals surface area contributed by atoms with E-state index in [2.05, 4.69) is 22.5 Å². The fourth-order valence-electron chi connectivity index (χ4n) is 2.47. The number of carbonyl (C=O) groups is 1. The maximum absolute atomic E-state index is 13.3. The van der Waals surface area contributed by atoms with Crippen molar-refractivity contribution < 1.29 is 9.18 Å². The van der Waals surface area contributed by atoms with Gasteiger partial charge in [-0.1, -0.05) is 31.1 Å². The normalized spacial score (nSPS) is 15.0. The minimum absolute atomic E-state index is 0.185. The molecule has 0 bridgehead atoms. The molecule has 21 heavy (non-hydrogen) atoms. The summed E-state index contributed by atoms with van der Waals surface area (Å²) < 4.78 is 13.3. The van der Waals surface area contributed by atoms with Crippen LogP contribution in [0.4, 0.5) is 14.9 Å². The molecule has 4 nitrogen and oxygen atoms in total. The SMILES string of the molecule is NCC#Cc1cc(F)ccc1NC(=O)NC1CCCCC1. The third-order valence-corrected chi connectivity index (χ3v) is 3.50. The van der Waals surface area contributed by atoms with E-state index < -0.39 is 5.82 Å². The number of nitrogens with two attached hydrogens (primary N) is 1. The van der Waals surface area contributed by atoms with E-state index in [0.29, 0.717) is 11.3 Å². The molecule has 1 fully saturated rings. The van der Waals surface area contributed by atoms with Gasteiger partial charge in [-0.2, -0.15) is 0 Å². The second kappa shape index (κ2) is 7.65. The van der Waals surface area contributed by atoms with Crippen LogP contribution >= 0.6 is 0 Å². The van der Waals surface area contributed by atoms with Crippen LogP contribution in [0.3, 0.4) is 0 Å². The van der Waals surface area contributed by atoms with Gasteiger partial charge >= 0.3 is 6.03 Å². The van der Waals surface area contributed by atoms with E-state index in [1.54, 1.807) is 0 Å². The van der Waals surface area contributed by atoms with Crippen molar-refractivity contribution in [2.75, 3.05) is 11.9 Å². The molecule has 112 valence electrons. The van der Waals surface area contributed by atoms with Crippen molar-refractivity contribution >= 4 is 11.7 Å². The van der Waals surface area contributed by atoms with Crippen molar-refractivity contribution in [1.29, 1.82) is 0 Å². The first-order valence-corrected chi connectivity index (χ1v) is 7.25. The highest BCUT2D eigenvalue weighted by Crippen LogP contribution is 2.19. The number of rotatable bonds is 2. The molecule has 0 aromatic heterocycles. The van der Waals surface area contributed by atoms with E-state index in [0.717, 1.165) is 25.7 Å². The average molecular weight is 289 g/mol. The summed E-state index contributed by atoms with van der Waals surface area (Å²) >= 11 is 0. The van der Waals surface area contributed by atoms with Gasteiger partial charge in [0.2, 0.25) is 0 Å². The summed E-state index contributed by atoms with van der Waals surface area (Å²) in [6.07, 6.45) is 5.55. The molecule has 1 aliphatic rings. The smallest absolute Gasteiger partial charge is 0.319 e. The summed E-state index contributed by atoms with van der Waals surface area (Å²) in [5.74, 6) is 5.04. The lowest BCUT2D eigenvalue weighted by Crippen LogP contribution is -2.39. The van der Waals surface area contributed by atoms with Crippen LogP contribution in [0.15, 0.2) is 18.2 Å². The molecule has 1 saturated carbocycles. The third-order valence-electron chi connectivity index (χ3n) is 3.50. The Balaban J connectivity index is 2.02. The molecule has 2 rings (SSSR count). The number of halogens is 1. The highest BCUT2D eigenvalue weighted by atomic mass is 19.1. The van der Waals surface area contributed by atoms with Crippen molar-refractivity contribution in [2.24, 2.45) is 5.73 Å². The van der Waals surface area contributed by atoms with E-state index in [1.165, 1.54) is 24.6 Å². The minimum atomic E-state index is -0.394. The number of nitrogens with one attached hydrogen (secondary N) is 2. The van der Waals surface area contributed by atoms with Gasteiger partial charge in [0.1, 0.15) is 5.82 Å². The molecule has 2 amide bonds. The van der Waals surface area contributed by atoms with Crippen LogP contribution in [0.25, 0.3) is 0 Å². The zero-order valence-electron chi connectivity index (χ0n) is 11.9. The lowest BCUT2D eigenvalue weighted by molar-refractivity contribution is 0.244. The quantitative estimate of drug-likeness (QED) is 0.733. The predicted octanol–water partition coefficient (Wildman–Crippen LogP) is 2.59. The van der Waals surface area contributed by atoms with Crippen LogP contribution in [0.5, 0.6) is 0 Å². The Hall–Kier alpha value is -2.06. The van der Waals surface area contributed by atoms with Crippen molar-refractivity contribution in [1.82, 2.24) is 5.32 Å². The number of amides is 2. The average Bonchev–Trinajstić information content (AvgIpc) is 2.48. The molecule has 5 heteroatoms. The fraction of sp³-hybridized carbons (Fsp3) is 0.438. The molecule has 0 heterocycles. The fourth-order valence-corrected chi connectivity index (χ4v) is 2.47. The van der Waals surface area contributed by atoms with E-state index >= 15 is 0 Å². The van der Waals surface area contributed by atoms with Gasteiger partial charge in [-0.15, -0.1) is 0 Å². The number of urea groups is 1. The number of hydrogen-bond acceptors (Lipinski definition) is 2. The van der Waals surface area contributed by atoms with Crippen molar-refractivity contribution in [3.8, 4) is 11.8 Å². The van der Waals surface area contributed by atoms with Crippen molar-refractivity contribution in [2.45, 2.75) is 38.1 Å². The lowest BCUT2D eigenvalue weighted by Gasteiger charge is -2.23. The minimum Gasteiger partial charge on any atom is -0.335 e. The first kappa shape index (κ1) is 15.3. The number of hydrogen-bond donors (Lipinski definition) is 3. The summed E-state index contributed by atoms with van der Waals surface area (Å²) in [6.45, 7) is 0.185. The Labute approximate surface area is 124 Å². The van der Waals surface area contributed by atoms with Gasteiger partial charge in [0.15, 0.2) is 0 Å². The standard InChI is InChI=1S/C16H20FN3O/c17-13-8-9-15(12(11-13)5-4-10-18)20-16(21)19-14-6-2-1-3-7-14/h8-9,11,14H,1-3,6-7,10,18H2,(H2,19,20,21). The number of benzene rings is 1. The Bertz CT molecular complexity index is 556. The van der Waals surface area contributed by atoms with E-state index in [1.807, 2.05) is 0 Å². The molecule has 0 spiro atoms. The van der Waals surface area contributed by atoms with Crippen LogP contribution < -0.4 is 16.4 Å². The molecule has 4 N–H and O–H groups in total. The second-order valence-corrected chi connectivity index (χ2v) is 5.13. The largest absolute Gasteiger partial charge is 0.335 e. The van der Waals surface area contributed by atoms with E-state index in [-0.39, 0.29) is 18.6 Å². The highest BCUT2D eigenvalue weighted by Gasteiger charge is 2.16. The molecule has 0 saturated heterocycles. The third kappa shape index (κ3) is 4.76. The summed E-state index contributed by atoms with van der Waals surface area (Å²) in [7, 11) is 0. The highest BCUT2D eigenvalue weighted by molar-refractivity contribution is 5.91. The summed E-state index contributed by atoms with van der Waals surface area (Å²) in [6, 6.07) is 4.04. The Morgan fingerprint density at radius 1 is 1.33 bits per heavy atom. The number of anilines is 1. The topological polar surface area (TPSA) is 67.1 Å². The predicted molar refractivity (Wildman–Crippen MR) is 81.4 cm³/mol. The molecule has 1 aromatic rings. The molecule has 0 unspecified atom stereocenters. The Kier molecular flexibility index (Phi) is 5.59. The maximum atomic E-state index is 13.3. The van der Waals surface area contributed by atoms with Gasteiger partial charge in [-0.3, -0.25) is 0 Å². The van der Waals surface area contributed by atoms with Gasteiger partial charge in [0.05, 0.1) is 17.8 Å². The van der Waals surface area contributed by atoms with Gasteiger partial charge in [-0.25, -0.2) is 9.18 Å². The Morgan fingerprint density at radius 3 is 2.81 bits per heavy atom. The van der Waals surface area contributed by atoms with E-state index in [9.17, 15) is 9.18 Å². The molecular formula is C16H20FN3O. The van der Waals surface area contributed by atoms with Crippen LogP contribution in [-0.4, -0.2) is 18.6 Å². The zero-order valence-corrected chi connectivity index (χ0v) is 11.9. The van der Waals surface area contributed by atoms with Crippen LogP contribution in [0, 0.1) is 17.7 Å². The van der Waals surface area contributed by atoms with Gasteiger partial charge < -0.3 is 16.4 Å². The van der Waals surface area contributed by atoms with Crippen LogP contribution in [0.2, 0.25) is 0 Å². The molecule has 1 aliphatic carbocycles.